The Bertz CT molecular complexity index is 1290. The van der Waals surface area contributed by atoms with E-state index < -0.39 is 0 Å². The molecule has 11 heteroatoms. The van der Waals surface area contributed by atoms with E-state index in [2.05, 4.69) is 30.6 Å². The first-order chi connectivity index (χ1) is 14.6. The van der Waals surface area contributed by atoms with Crippen LogP contribution in [0.15, 0.2) is 24.5 Å². The molecule has 0 unspecified atom stereocenters. The molecule has 0 saturated heterocycles. The van der Waals surface area contributed by atoms with E-state index >= 15 is 0 Å². The van der Waals surface area contributed by atoms with E-state index in [1.807, 2.05) is 12.1 Å². The number of hydrogen-bond donors (Lipinski definition) is 2. The van der Waals surface area contributed by atoms with Gasteiger partial charge in [0.15, 0.2) is 0 Å². The Morgan fingerprint density at radius 3 is 2.90 bits per heavy atom. The first-order valence-electron chi connectivity index (χ1n) is 9.06. The van der Waals surface area contributed by atoms with Crippen LogP contribution >= 0.6 is 22.9 Å². The molecule has 0 saturated carbocycles. The summed E-state index contributed by atoms with van der Waals surface area (Å²) >= 11 is 7.34. The molecule has 0 fully saturated rings. The molecular formula is C19H15ClN6O3S. The number of nitrogens with one attached hydrogen (secondary N) is 2. The van der Waals surface area contributed by atoms with Crippen molar-refractivity contribution in [3.8, 4) is 11.8 Å². The summed E-state index contributed by atoms with van der Waals surface area (Å²) in [7, 11) is 1.57. The molecule has 2 N–H and O–H groups in total. The van der Waals surface area contributed by atoms with Gasteiger partial charge >= 0.3 is 0 Å². The van der Waals surface area contributed by atoms with Crippen molar-refractivity contribution in [1.82, 2.24) is 25.3 Å². The molecule has 1 aromatic carbocycles. The van der Waals surface area contributed by atoms with Crippen LogP contribution in [0.4, 0.5) is 5.69 Å². The lowest BCUT2D eigenvalue weighted by Gasteiger charge is -2.09. The van der Waals surface area contributed by atoms with Crippen LogP contribution in [0.2, 0.25) is 5.28 Å². The van der Waals surface area contributed by atoms with Crippen LogP contribution in [0.1, 0.15) is 15.2 Å². The van der Waals surface area contributed by atoms with Crippen LogP contribution < -0.4 is 15.4 Å². The highest BCUT2D eigenvalue weighted by Crippen LogP contribution is 2.40. The number of methoxy groups -OCH3 is 1. The fraction of sp³-hybridized carbons (Fsp3) is 0.211. The number of fused-ring (bicyclic) bond motifs is 5. The van der Waals surface area contributed by atoms with Crippen molar-refractivity contribution in [2.75, 3.05) is 25.5 Å². The summed E-state index contributed by atoms with van der Waals surface area (Å²) in [5.41, 5.74) is 2.76. The van der Waals surface area contributed by atoms with Gasteiger partial charge in [-0.25, -0.2) is 15.0 Å². The van der Waals surface area contributed by atoms with Gasteiger partial charge in [-0.3, -0.25) is 4.79 Å². The van der Waals surface area contributed by atoms with Crippen molar-refractivity contribution < 1.29 is 14.3 Å². The SMILES string of the molecule is COCc1cnc(Cl)nc1Oc1cnc2c(ccc3sc4c(c32)NCCNC4=O)n1. The van der Waals surface area contributed by atoms with Gasteiger partial charge in [-0.15, -0.1) is 11.3 Å². The summed E-state index contributed by atoms with van der Waals surface area (Å²) in [6, 6.07) is 3.79. The minimum absolute atomic E-state index is 0.0608. The summed E-state index contributed by atoms with van der Waals surface area (Å²) < 4.78 is 11.9. The van der Waals surface area contributed by atoms with Crippen molar-refractivity contribution in [2.45, 2.75) is 6.61 Å². The maximum absolute atomic E-state index is 12.4. The topological polar surface area (TPSA) is 111 Å². The number of nitrogens with zero attached hydrogens (tertiary/aromatic N) is 4. The van der Waals surface area contributed by atoms with Gasteiger partial charge in [0, 0.05) is 36.5 Å². The van der Waals surface area contributed by atoms with Crippen LogP contribution in [0.25, 0.3) is 21.1 Å². The third-order valence-electron chi connectivity index (χ3n) is 4.56. The molecule has 152 valence electrons. The number of carbonyl (C=O) groups is 1. The van der Waals surface area contributed by atoms with Gasteiger partial charge in [0.1, 0.15) is 4.88 Å². The van der Waals surface area contributed by atoms with Crippen LogP contribution in [0.5, 0.6) is 11.8 Å². The Balaban J connectivity index is 1.59. The Morgan fingerprint density at radius 1 is 1.17 bits per heavy atom. The molecule has 4 heterocycles. The number of carbonyl (C=O) groups excluding carboxylic acids is 1. The fourth-order valence-corrected chi connectivity index (χ4v) is 4.51. The summed E-state index contributed by atoms with van der Waals surface area (Å²) in [4.78, 5) is 30.2. The highest BCUT2D eigenvalue weighted by molar-refractivity contribution is 7.21. The smallest absolute Gasteiger partial charge is 0.263 e. The first kappa shape index (κ1) is 18.9. The summed E-state index contributed by atoms with van der Waals surface area (Å²) in [6.07, 6.45) is 3.07. The quantitative estimate of drug-likeness (QED) is 0.463. The number of amides is 1. The number of rotatable bonds is 4. The molecule has 0 bridgehead atoms. The number of anilines is 1. The lowest BCUT2D eigenvalue weighted by atomic mass is 10.1. The number of benzene rings is 1. The highest BCUT2D eigenvalue weighted by Gasteiger charge is 2.23. The van der Waals surface area contributed by atoms with E-state index in [9.17, 15) is 4.79 Å². The molecule has 9 nitrogen and oxygen atoms in total. The molecular weight excluding hydrogens is 428 g/mol. The van der Waals surface area contributed by atoms with Crippen LogP contribution in [-0.2, 0) is 11.3 Å². The monoisotopic (exact) mass is 442 g/mol. The molecule has 0 atom stereocenters. The standard InChI is InChI=1S/C19H15ClN6O3S/c1-28-8-9-6-24-19(20)26-18(9)29-12-7-23-14-10(25-12)2-3-11-13(14)15-16(30-11)17(27)22-5-4-21-15/h2-3,6-7,21H,4-5,8H2,1H3,(H,22,27). The maximum atomic E-state index is 12.4. The van der Waals surface area contributed by atoms with Crippen molar-refractivity contribution in [2.24, 2.45) is 0 Å². The number of ether oxygens (including phenoxy) is 2. The molecule has 1 amide bonds. The van der Waals surface area contributed by atoms with Crippen LogP contribution in [0.3, 0.4) is 0 Å². The normalized spacial score (nSPS) is 13.6. The van der Waals surface area contributed by atoms with Crippen molar-refractivity contribution in [1.29, 1.82) is 0 Å². The molecule has 5 rings (SSSR count). The van der Waals surface area contributed by atoms with E-state index in [0.29, 0.717) is 34.6 Å². The predicted molar refractivity (Wildman–Crippen MR) is 114 cm³/mol. The van der Waals surface area contributed by atoms with E-state index in [-0.39, 0.29) is 29.6 Å². The van der Waals surface area contributed by atoms with Gasteiger partial charge in [-0.05, 0) is 23.7 Å². The van der Waals surface area contributed by atoms with E-state index in [1.54, 1.807) is 13.3 Å². The second kappa shape index (κ2) is 7.63. The molecule has 4 aromatic rings. The molecule has 30 heavy (non-hydrogen) atoms. The van der Waals surface area contributed by atoms with Gasteiger partial charge < -0.3 is 20.1 Å². The predicted octanol–water partition coefficient (Wildman–Crippen LogP) is 3.38. The van der Waals surface area contributed by atoms with E-state index in [0.717, 1.165) is 15.8 Å². The lowest BCUT2D eigenvalue weighted by molar-refractivity contribution is 0.0962. The summed E-state index contributed by atoms with van der Waals surface area (Å²) in [5, 5.41) is 7.17. The minimum atomic E-state index is -0.0800. The van der Waals surface area contributed by atoms with Crippen LogP contribution in [-0.4, -0.2) is 46.0 Å². The zero-order valence-electron chi connectivity index (χ0n) is 15.7. The number of hydrogen-bond acceptors (Lipinski definition) is 9. The van der Waals surface area contributed by atoms with E-state index in [1.165, 1.54) is 17.5 Å². The van der Waals surface area contributed by atoms with Crippen molar-refractivity contribution >= 4 is 55.7 Å². The van der Waals surface area contributed by atoms with Gasteiger partial charge in [-0.1, -0.05) is 0 Å². The number of aromatic nitrogens is 4. The maximum Gasteiger partial charge on any atom is 0.263 e. The molecule has 1 aliphatic heterocycles. The summed E-state index contributed by atoms with van der Waals surface area (Å²) in [5.74, 6) is 0.443. The average molecular weight is 443 g/mol. The largest absolute Gasteiger partial charge is 0.418 e. The van der Waals surface area contributed by atoms with Gasteiger partial charge in [0.2, 0.25) is 17.0 Å². The van der Waals surface area contributed by atoms with Crippen molar-refractivity contribution in [3.63, 3.8) is 0 Å². The zero-order chi connectivity index (χ0) is 20.7. The highest BCUT2D eigenvalue weighted by atomic mass is 35.5. The Labute approximate surface area is 179 Å². The Morgan fingerprint density at radius 2 is 2.03 bits per heavy atom. The Hall–Kier alpha value is -3.08. The van der Waals surface area contributed by atoms with Gasteiger partial charge in [-0.2, -0.15) is 4.98 Å². The van der Waals surface area contributed by atoms with Crippen LogP contribution in [0, 0.1) is 0 Å². The number of thiophene rings is 1. The second-order valence-corrected chi connectivity index (χ2v) is 7.90. The first-order valence-corrected chi connectivity index (χ1v) is 10.3. The number of halogens is 1. The second-order valence-electron chi connectivity index (χ2n) is 6.51. The third-order valence-corrected chi connectivity index (χ3v) is 5.89. The van der Waals surface area contributed by atoms with Gasteiger partial charge in [0.05, 0.1) is 35.1 Å². The van der Waals surface area contributed by atoms with Gasteiger partial charge in [0.25, 0.3) is 5.91 Å². The van der Waals surface area contributed by atoms with E-state index in [4.69, 9.17) is 21.1 Å². The third kappa shape index (κ3) is 3.28. The zero-order valence-corrected chi connectivity index (χ0v) is 17.3. The molecule has 0 spiro atoms. The summed E-state index contributed by atoms with van der Waals surface area (Å²) in [6.45, 7) is 1.48. The molecule has 3 aromatic heterocycles. The fourth-order valence-electron chi connectivity index (χ4n) is 3.29. The lowest BCUT2D eigenvalue weighted by Crippen LogP contribution is -2.24. The minimum Gasteiger partial charge on any atom is -0.418 e. The molecule has 0 aliphatic carbocycles. The van der Waals surface area contributed by atoms with Crippen molar-refractivity contribution in [3.05, 3.63) is 40.3 Å². The average Bonchev–Trinajstić information content (AvgIpc) is 3.02. The molecule has 1 aliphatic rings. The Kier molecular flexibility index (Phi) is 4.81. The molecule has 0 radical (unpaired) electrons.